The number of benzene rings is 1. The number of allylic oxidation sites excluding steroid dienone is 2. The van der Waals surface area contributed by atoms with Gasteiger partial charge < -0.3 is 5.32 Å². The third-order valence-electron chi connectivity index (χ3n) is 5.69. The molecule has 2 aliphatic carbocycles. The van der Waals surface area contributed by atoms with Crippen molar-refractivity contribution in [3.63, 3.8) is 0 Å². The molecular formula is C23H22N4OS. The zero-order valence-corrected chi connectivity index (χ0v) is 16.9. The lowest BCUT2D eigenvalue weighted by Gasteiger charge is -2.23. The fourth-order valence-corrected chi connectivity index (χ4v) is 4.29. The number of nitriles is 1. The van der Waals surface area contributed by atoms with Gasteiger partial charge in [0, 0.05) is 11.9 Å². The molecule has 0 bridgehead atoms. The average Bonchev–Trinajstić information content (AvgIpc) is 3.45. The predicted molar refractivity (Wildman–Crippen MR) is 115 cm³/mol. The molecule has 0 saturated heterocycles. The Morgan fingerprint density at radius 1 is 1.41 bits per heavy atom. The third kappa shape index (κ3) is 4.34. The number of nitrogens with zero attached hydrogens (tertiary/aromatic N) is 2. The highest BCUT2D eigenvalue weighted by Gasteiger charge is 2.44. The van der Waals surface area contributed by atoms with E-state index in [1.165, 1.54) is 22.5 Å². The van der Waals surface area contributed by atoms with Crippen LogP contribution in [0, 0.1) is 29.6 Å². The molecule has 5 nitrogen and oxygen atoms in total. The summed E-state index contributed by atoms with van der Waals surface area (Å²) in [5.74, 6) is 3.35. The molecule has 0 radical (unpaired) electrons. The Labute approximate surface area is 174 Å². The fraction of sp³-hybridized carbons (Fsp3) is 0.348. The summed E-state index contributed by atoms with van der Waals surface area (Å²) in [6.07, 6.45) is 12.4. The molecular weight excluding hydrogens is 380 g/mol. The molecule has 4 rings (SSSR count). The number of urea groups is 1. The zero-order chi connectivity index (χ0) is 20.3. The molecule has 2 aromatic rings. The second kappa shape index (κ2) is 8.11. The van der Waals surface area contributed by atoms with Gasteiger partial charge in [0.05, 0.1) is 11.5 Å². The van der Waals surface area contributed by atoms with Gasteiger partial charge in [-0.05, 0) is 66.7 Å². The lowest BCUT2D eigenvalue weighted by atomic mass is 9.85. The van der Waals surface area contributed by atoms with E-state index >= 15 is 0 Å². The summed E-state index contributed by atoms with van der Waals surface area (Å²) in [5, 5.41) is 17.4. The number of hydrogen-bond acceptors (Lipinski definition) is 4. The number of carbonyl (C=O) groups excluding carboxylic acids is 1. The molecule has 1 heterocycles. The number of amides is 2. The van der Waals surface area contributed by atoms with Crippen LogP contribution in [0.3, 0.4) is 0 Å². The van der Waals surface area contributed by atoms with Crippen LogP contribution in [0.4, 0.5) is 10.6 Å². The van der Waals surface area contributed by atoms with Crippen molar-refractivity contribution in [2.45, 2.75) is 37.5 Å². The molecule has 2 amide bonds. The number of nitrogens with one attached hydrogen (secondary N) is 2. The zero-order valence-electron chi connectivity index (χ0n) is 16.1. The quantitative estimate of drug-likeness (QED) is 0.713. The van der Waals surface area contributed by atoms with Gasteiger partial charge in [-0.2, -0.15) is 5.26 Å². The largest absolute Gasteiger partial charge is 0.338 e. The van der Waals surface area contributed by atoms with Crippen LogP contribution in [0.25, 0.3) is 5.57 Å². The van der Waals surface area contributed by atoms with Gasteiger partial charge in [0.2, 0.25) is 0 Å². The molecule has 1 aromatic heterocycles. The Kier molecular flexibility index (Phi) is 5.38. The minimum Gasteiger partial charge on any atom is -0.338 e. The molecule has 1 aromatic carbocycles. The van der Waals surface area contributed by atoms with Gasteiger partial charge in [-0.3, -0.25) is 5.32 Å². The summed E-state index contributed by atoms with van der Waals surface area (Å²) in [7, 11) is 0. The van der Waals surface area contributed by atoms with E-state index in [-0.39, 0.29) is 11.4 Å². The minimum atomic E-state index is -0.257. The highest BCUT2D eigenvalue weighted by molar-refractivity contribution is 7.10. The second-order valence-corrected chi connectivity index (χ2v) is 8.52. The highest BCUT2D eigenvalue weighted by atomic mass is 32.1. The summed E-state index contributed by atoms with van der Waals surface area (Å²) >= 11 is 1.33. The number of anilines is 1. The van der Waals surface area contributed by atoms with E-state index < -0.39 is 0 Å². The molecule has 1 atom stereocenters. The monoisotopic (exact) mass is 402 g/mol. The average molecular weight is 403 g/mol. The lowest BCUT2D eigenvalue weighted by molar-refractivity contribution is 0.249. The van der Waals surface area contributed by atoms with Crippen LogP contribution in [-0.4, -0.2) is 17.6 Å². The van der Waals surface area contributed by atoms with Crippen LogP contribution < -0.4 is 10.6 Å². The van der Waals surface area contributed by atoms with Gasteiger partial charge in [0.25, 0.3) is 0 Å². The van der Waals surface area contributed by atoms with Crippen molar-refractivity contribution in [1.29, 1.82) is 5.26 Å². The Morgan fingerprint density at radius 2 is 2.28 bits per heavy atom. The maximum absolute atomic E-state index is 12.1. The van der Waals surface area contributed by atoms with Crippen molar-refractivity contribution in [2.75, 3.05) is 11.9 Å². The summed E-state index contributed by atoms with van der Waals surface area (Å²) in [5.41, 5.74) is 3.46. The SMILES string of the molecule is C#Cc1nc(NC(=O)NCC2CC=C(c3cccc(C4(C#N)CC4)c3)CC2)cs1. The van der Waals surface area contributed by atoms with Crippen LogP contribution in [0.15, 0.2) is 35.7 Å². The van der Waals surface area contributed by atoms with Crippen molar-refractivity contribution in [3.05, 3.63) is 51.9 Å². The van der Waals surface area contributed by atoms with Crippen LogP contribution in [-0.2, 0) is 5.41 Å². The summed E-state index contributed by atoms with van der Waals surface area (Å²) < 4.78 is 0. The van der Waals surface area contributed by atoms with Crippen molar-refractivity contribution in [2.24, 2.45) is 5.92 Å². The third-order valence-corrected chi connectivity index (χ3v) is 6.46. The summed E-state index contributed by atoms with van der Waals surface area (Å²) in [4.78, 5) is 16.2. The first kappa shape index (κ1) is 19.2. The molecule has 2 aliphatic rings. The Bertz CT molecular complexity index is 1040. The smallest absolute Gasteiger partial charge is 0.320 e. The van der Waals surface area contributed by atoms with Crippen molar-refractivity contribution in [3.8, 4) is 18.4 Å². The van der Waals surface area contributed by atoms with Gasteiger partial charge in [-0.1, -0.05) is 24.3 Å². The summed E-state index contributed by atoms with van der Waals surface area (Å²) in [6.45, 7) is 0.624. The minimum absolute atomic E-state index is 0.247. The molecule has 1 saturated carbocycles. The number of hydrogen-bond donors (Lipinski definition) is 2. The number of terminal acetylenes is 1. The van der Waals surface area contributed by atoms with Crippen molar-refractivity contribution < 1.29 is 4.79 Å². The predicted octanol–water partition coefficient (Wildman–Crippen LogP) is 4.68. The van der Waals surface area contributed by atoms with Gasteiger partial charge in [0.1, 0.15) is 5.82 Å². The van der Waals surface area contributed by atoms with Gasteiger partial charge in [0.15, 0.2) is 5.01 Å². The van der Waals surface area contributed by atoms with Gasteiger partial charge >= 0.3 is 6.03 Å². The molecule has 29 heavy (non-hydrogen) atoms. The Balaban J connectivity index is 1.30. The van der Waals surface area contributed by atoms with E-state index in [1.54, 1.807) is 5.38 Å². The van der Waals surface area contributed by atoms with Crippen LogP contribution >= 0.6 is 11.3 Å². The highest BCUT2D eigenvalue weighted by Crippen LogP contribution is 2.48. The van der Waals surface area contributed by atoms with E-state index in [2.05, 4.69) is 57.9 Å². The Morgan fingerprint density at radius 3 is 2.93 bits per heavy atom. The molecule has 0 aliphatic heterocycles. The maximum atomic E-state index is 12.1. The molecule has 2 N–H and O–H groups in total. The standard InChI is InChI=1S/C23H22N4OS/c1-2-21-26-20(14-29-21)27-22(28)25-13-16-6-8-17(9-7-16)18-4-3-5-19(12-18)23(15-24)10-11-23/h1,3-5,8,12,14,16H,6-7,9-11,13H2,(H2,25,27,28). The maximum Gasteiger partial charge on any atom is 0.320 e. The van der Waals surface area contributed by atoms with Gasteiger partial charge in [-0.15, -0.1) is 17.8 Å². The Hall–Kier alpha value is -3.09. The normalized spacial score (nSPS) is 19.4. The molecule has 146 valence electrons. The first-order valence-corrected chi connectivity index (χ1v) is 10.7. The topological polar surface area (TPSA) is 77.8 Å². The number of aromatic nitrogens is 1. The van der Waals surface area contributed by atoms with E-state index in [9.17, 15) is 10.1 Å². The van der Waals surface area contributed by atoms with Crippen LogP contribution in [0.1, 0.15) is 48.2 Å². The fourth-order valence-electron chi connectivity index (χ4n) is 3.74. The van der Waals surface area contributed by atoms with Crippen molar-refractivity contribution >= 4 is 28.8 Å². The number of thiazole rings is 1. The second-order valence-electron chi connectivity index (χ2n) is 7.66. The molecule has 6 heteroatoms. The van der Waals surface area contributed by atoms with Gasteiger partial charge in [-0.25, -0.2) is 9.78 Å². The first-order chi connectivity index (χ1) is 14.1. The first-order valence-electron chi connectivity index (χ1n) is 9.80. The van der Waals surface area contributed by atoms with E-state index in [0.29, 0.717) is 23.3 Å². The van der Waals surface area contributed by atoms with Crippen molar-refractivity contribution in [1.82, 2.24) is 10.3 Å². The molecule has 1 fully saturated rings. The van der Waals surface area contributed by atoms with E-state index in [1.807, 2.05) is 0 Å². The van der Waals surface area contributed by atoms with E-state index in [0.717, 1.165) is 37.7 Å². The van der Waals surface area contributed by atoms with Crippen LogP contribution in [0.5, 0.6) is 0 Å². The molecule has 1 unspecified atom stereocenters. The lowest BCUT2D eigenvalue weighted by Crippen LogP contribution is -2.33. The summed E-state index contributed by atoms with van der Waals surface area (Å²) in [6, 6.07) is 10.7. The number of rotatable bonds is 5. The number of carbonyl (C=O) groups is 1. The molecule has 0 spiro atoms. The van der Waals surface area contributed by atoms with E-state index in [4.69, 9.17) is 6.42 Å². The van der Waals surface area contributed by atoms with Crippen LogP contribution in [0.2, 0.25) is 0 Å².